The van der Waals surface area contributed by atoms with Crippen LogP contribution in [0.1, 0.15) is 30.3 Å². The Bertz CT molecular complexity index is 1220. The van der Waals surface area contributed by atoms with Crippen LogP contribution in [-0.2, 0) is 11.4 Å². The van der Waals surface area contributed by atoms with Crippen LogP contribution in [-0.4, -0.2) is 28.1 Å². The van der Waals surface area contributed by atoms with Crippen LogP contribution >= 0.6 is 0 Å². The highest BCUT2D eigenvalue weighted by Gasteiger charge is 2.25. The topological polar surface area (TPSA) is 119 Å². The van der Waals surface area contributed by atoms with Gasteiger partial charge in [0, 0.05) is 11.3 Å². The SMILES string of the molecule is CC(C)[C@H](NC(=O)c1ccco1)C(=O)Nc1ccc(OCc2nnc(-c3ccccc3)o2)cc1. The third-order valence-electron chi connectivity index (χ3n) is 4.95. The van der Waals surface area contributed by atoms with E-state index in [9.17, 15) is 9.59 Å². The van der Waals surface area contributed by atoms with Crippen molar-refractivity contribution in [2.24, 2.45) is 5.92 Å². The first kappa shape index (κ1) is 22.8. The van der Waals surface area contributed by atoms with Crippen molar-refractivity contribution < 1.29 is 23.2 Å². The molecular weight excluding hydrogens is 436 g/mol. The smallest absolute Gasteiger partial charge is 0.287 e. The average molecular weight is 460 g/mol. The Hall–Kier alpha value is -4.40. The third-order valence-corrected chi connectivity index (χ3v) is 4.95. The summed E-state index contributed by atoms with van der Waals surface area (Å²) in [4.78, 5) is 25.0. The van der Waals surface area contributed by atoms with E-state index in [0.717, 1.165) is 5.56 Å². The second kappa shape index (κ2) is 10.5. The standard InChI is InChI=1S/C25H24N4O5/c1-16(2)22(27-23(30)20-9-6-14-32-20)24(31)26-18-10-12-19(13-11-18)33-15-21-28-29-25(34-21)17-7-4-3-5-8-17/h3-14,16,22H,15H2,1-2H3,(H,26,31)(H,27,30)/t22-/m0/s1. The molecule has 34 heavy (non-hydrogen) atoms. The minimum Gasteiger partial charge on any atom is -0.484 e. The molecule has 0 unspecified atom stereocenters. The van der Waals surface area contributed by atoms with E-state index < -0.39 is 11.9 Å². The number of nitrogens with zero attached hydrogens (tertiary/aromatic N) is 2. The molecule has 0 radical (unpaired) electrons. The van der Waals surface area contributed by atoms with Crippen LogP contribution in [0.15, 0.2) is 81.8 Å². The maximum atomic E-state index is 12.8. The van der Waals surface area contributed by atoms with E-state index in [-0.39, 0.29) is 24.2 Å². The number of aromatic nitrogens is 2. The molecule has 0 aliphatic heterocycles. The number of nitrogens with one attached hydrogen (secondary N) is 2. The second-order valence-electron chi connectivity index (χ2n) is 7.84. The van der Waals surface area contributed by atoms with Gasteiger partial charge >= 0.3 is 0 Å². The summed E-state index contributed by atoms with van der Waals surface area (Å²) in [7, 11) is 0. The van der Waals surface area contributed by atoms with Gasteiger partial charge in [-0.3, -0.25) is 9.59 Å². The van der Waals surface area contributed by atoms with E-state index in [4.69, 9.17) is 13.6 Å². The predicted octanol–water partition coefficient (Wildman–Crippen LogP) is 4.30. The summed E-state index contributed by atoms with van der Waals surface area (Å²) in [6, 6.07) is 18.8. The molecule has 2 heterocycles. The Labute approximate surface area is 196 Å². The van der Waals surface area contributed by atoms with Crippen LogP contribution in [0.25, 0.3) is 11.5 Å². The summed E-state index contributed by atoms with van der Waals surface area (Å²) in [5.74, 6) is 0.596. The molecule has 174 valence electrons. The minimum absolute atomic E-state index is 0.111. The molecule has 0 saturated carbocycles. The number of hydrogen-bond donors (Lipinski definition) is 2. The van der Waals surface area contributed by atoms with Crippen LogP contribution in [0.4, 0.5) is 5.69 Å². The first-order chi connectivity index (χ1) is 16.5. The fraction of sp³-hybridized carbons (Fsp3) is 0.200. The number of anilines is 1. The maximum absolute atomic E-state index is 12.8. The maximum Gasteiger partial charge on any atom is 0.287 e. The van der Waals surface area contributed by atoms with Crippen molar-refractivity contribution in [3.8, 4) is 17.2 Å². The molecule has 0 aliphatic carbocycles. The van der Waals surface area contributed by atoms with E-state index in [1.54, 1.807) is 36.4 Å². The number of carbonyl (C=O) groups excluding carboxylic acids is 2. The Morgan fingerprint density at radius 1 is 0.971 bits per heavy atom. The molecule has 2 aromatic carbocycles. The molecule has 9 heteroatoms. The summed E-state index contributed by atoms with van der Waals surface area (Å²) in [5, 5.41) is 13.6. The van der Waals surface area contributed by atoms with Crippen LogP contribution in [0, 0.1) is 5.92 Å². The lowest BCUT2D eigenvalue weighted by atomic mass is 10.0. The number of benzene rings is 2. The number of rotatable bonds is 9. The molecule has 2 N–H and O–H groups in total. The molecule has 4 rings (SSSR count). The van der Waals surface area contributed by atoms with Gasteiger partial charge in [0.1, 0.15) is 11.8 Å². The summed E-state index contributed by atoms with van der Waals surface area (Å²) in [6.07, 6.45) is 1.41. The Kier molecular flexibility index (Phi) is 7.02. The second-order valence-corrected chi connectivity index (χ2v) is 7.84. The first-order valence-electron chi connectivity index (χ1n) is 10.8. The lowest BCUT2D eigenvalue weighted by Gasteiger charge is -2.21. The molecule has 2 amide bonds. The fourth-order valence-electron chi connectivity index (χ4n) is 3.16. The van der Waals surface area contributed by atoms with Gasteiger partial charge in [-0.25, -0.2) is 0 Å². The van der Waals surface area contributed by atoms with Crippen molar-refractivity contribution in [3.63, 3.8) is 0 Å². The van der Waals surface area contributed by atoms with Gasteiger partial charge in [0.25, 0.3) is 11.8 Å². The average Bonchev–Trinajstić information content (AvgIpc) is 3.55. The van der Waals surface area contributed by atoms with Gasteiger partial charge in [-0.1, -0.05) is 32.0 Å². The highest BCUT2D eigenvalue weighted by Crippen LogP contribution is 2.20. The van der Waals surface area contributed by atoms with Gasteiger partial charge in [-0.05, 0) is 54.4 Å². The highest BCUT2D eigenvalue weighted by atomic mass is 16.5. The van der Waals surface area contributed by atoms with Gasteiger partial charge in [-0.2, -0.15) is 0 Å². The van der Waals surface area contributed by atoms with Crippen molar-refractivity contribution in [2.75, 3.05) is 5.32 Å². The molecule has 0 aliphatic rings. The Morgan fingerprint density at radius 2 is 1.74 bits per heavy atom. The largest absolute Gasteiger partial charge is 0.484 e. The van der Waals surface area contributed by atoms with Crippen LogP contribution in [0.5, 0.6) is 5.75 Å². The van der Waals surface area contributed by atoms with E-state index in [1.165, 1.54) is 6.26 Å². The molecule has 9 nitrogen and oxygen atoms in total. The molecule has 2 aromatic heterocycles. The fourth-order valence-corrected chi connectivity index (χ4v) is 3.16. The van der Waals surface area contributed by atoms with Gasteiger partial charge in [0.15, 0.2) is 12.4 Å². The van der Waals surface area contributed by atoms with Crippen LogP contribution in [0.3, 0.4) is 0 Å². The minimum atomic E-state index is -0.732. The summed E-state index contributed by atoms with van der Waals surface area (Å²) in [5.41, 5.74) is 1.40. The molecular formula is C25H24N4O5. The van der Waals surface area contributed by atoms with Gasteiger partial charge in [0.05, 0.1) is 6.26 Å². The summed E-state index contributed by atoms with van der Waals surface area (Å²) >= 11 is 0. The predicted molar refractivity (Wildman–Crippen MR) is 124 cm³/mol. The first-order valence-corrected chi connectivity index (χ1v) is 10.8. The number of carbonyl (C=O) groups is 2. The summed E-state index contributed by atoms with van der Waals surface area (Å²) < 4.78 is 16.4. The molecule has 0 bridgehead atoms. The molecule has 4 aromatic rings. The number of amides is 2. The van der Waals surface area contributed by atoms with Crippen molar-refractivity contribution in [2.45, 2.75) is 26.5 Å². The normalized spacial score (nSPS) is 11.7. The zero-order valence-corrected chi connectivity index (χ0v) is 18.7. The highest BCUT2D eigenvalue weighted by molar-refractivity contribution is 6.00. The monoisotopic (exact) mass is 460 g/mol. The van der Waals surface area contributed by atoms with E-state index in [2.05, 4.69) is 20.8 Å². The van der Waals surface area contributed by atoms with Crippen molar-refractivity contribution >= 4 is 17.5 Å². The zero-order chi connectivity index (χ0) is 23.9. The molecule has 0 spiro atoms. The number of furan rings is 1. The van der Waals surface area contributed by atoms with E-state index in [1.807, 2.05) is 44.2 Å². The van der Waals surface area contributed by atoms with Crippen LogP contribution in [0.2, 0.25) is 0 Å². The number of ether oxygens (including phenoxy) is 1. The zero-order valence-electron chi connectivity index (χ0n) is 18.7. The number of hydrogen-bond acceptors (Lipinski definition) is 7. The van der Waals surface area contributed by atoms with Crippen molar-refractivity contribution in [1.29, 1.82) is 0 Å². The lowest BCUT2D eigenvalue weighted by molar-refractivity contribution is -0.118. The van der Waals surface area contributed by atoms with Crippen LogP contribution < -0.4 is 15.4 Å². The lowest BCUT2D eigenvalue weighted by Crippen LogP contribution is -2.47. The molecule has 1 atom stereocenters. The Morgan fingerprint density at radius 3 is 2.41 bits per heavy atom. The quantitative estimate of drug-likeness (QED) is 0.382. The van der Waals surface area contributed by atoms with Crippen molar-refractivity contribution in [1.82, 2.24) is 15.5 Å². The van der Waals surface area contributed by atoms with Gasteiger partial charge in [-0.15, -0.1) is 10.2 Å². The van der Waals surface area contributed by atoms with Gasteiger partial charge < -0.3 is 24.2 Å². The Balaban J connectivity index is 1.31. The van der Waals surface area contributed by atoms with Gasteiger partial charge in [0.2, 0.25) is 11.8 Å². The van der Waals surface area contributed by atoms with E-state index in [0.29, 0.717) is 23.2 Å². The van der Waals surface area contributed by atoms with E-state index >= 15 is 0 Å². The summed E-state index contributed by atoms with van der Waals surface area (Å²) in [6.45, 7) is 3.81. The third kappa shape index (κ3) is 5.69. The van der Waals surface area contributed by atoms with Crippen molar-refractivity contribution in [3.05, 3.63) is 84.6 Å². The molecule has 0 saturated heterocycles. The molecule has 0 fully saturated rings.